The fraction of sp³-hybridized carbons (Fsp3) is 0.588. The molecule has 180 valence electrons. The molecule has 2 aliphatic heterocycles. The summed E-state index contributed by atoms with van der Waals surface area (Å²) in [6.07, 6.45) is -1.16. The van der Waals surface area contributed by atoms with E-state index in [0.29, 0.717) is 16.5 Å². The Morgan fingerprint density at radius 2 is 2.12 bits per heavy atom. The number of carbonyl (C=O) groups is 4. The number of alkyl halides is 1. The van der Waals surface area contributed by atoms with E-state index in [1.165, 1.54) is 54.1 Å². The molecule has 0 aliphatic carbocycles. The second-order valence-electron chi connectivity index (χ2n) is 6.87. The van der Waals surface area contributed by atoms with Gasteiger partial charge in [-0.05, 0) is 16.0 Å². The van der Waals surface area contributed by atoms with Crippen LogP contribution in [0.5, 0.6) is 0 Å². The van der Waals surface area contributed by atoms with Crippen LogP contribution in [0, 0.1) is 0 Å². The summed E-state index contributed by atoms with van der Waals surface area (Å²) in [6.45, 7) is 2.58. The molecule has 2 aliphatic rings. The van der Waals surface area contributed by atoms with E-state index in [2.05, 4.69) is 36.8 Å². The number of carbonyl (C=O) groups excluding carboxylic acids is 4. The van der Waals surface area contributed by atoms with Gasteiger partial charge in [-0.3, -0.25) is 19.3 Å². The standard InChI is InChI=1S/C17H21BrN6O7S2/c1-8(25)30-9(2)31-13(27)12-10(7-33-16-20-21-22-23(16)3)6-32-15-17(29-4,14(28)24(12)15)19-11(26)5-18/h9,15H,5-7H2,1-4H3,(H,19,26)/t9?,15-,17-/m0/s1. The molecule has 33 heavy (non-hydrogen) atoms. The van der Waals surface area contributed by atoms with Crippen molar-refractivity contribution in [2.75, 3.05) is 23.9 Å². The Balaban J connectivity index is 1.91. The monoisotopic (exact) mass is 564 g/mol. The van der Waals surface area contributed by atoms with Crippen molar-refractivity contribution in [2.24, 2.45) is 7.05 Å². The summed E-state index contributed by atoms with van der Waals surface area (Å²) in [5.41, 5.74) is -1.02. The molecule has 1 N–H and O–H groups in total. The lowest BCUT2D eigenvalue weighted by atomic mass is 9.98. The Labute approximate surface area is 205 Å². The van der Waals surface area contributed by atoms with Gasteiger partial charge in [0, 0.05) is 39.5 Å². The average Bonchev–Trinajstić information content (AvgIpc) is 3.18. The average molecular weight is 565 g/mol. The fourth-order valence-electron chi connectivity index (χ4n) is 3.24. The number of ether oxygens (including phenoxy) is 3. The Kier molecular flexibility index (Phi) is 8.02. The van der Waals surface area contributed by atoms with Gasteiger partial charge in [-0.2, -0.15) is 0 Å². The number of hydrogen-bond donors (Lipinski definition) is 1. The van der Waals surface area contributed by atoms with Gasteiger partial charge in [0.15, 0.2) is 0 Å². The third-order valence-corrected chi connectivity index (χ3v) is 7.61. The minimum atomic E-state index is -1.62. The smallest absolute Gasteiger partial charge is 0.358 e. The molecular weight excluding hydrogens is 544 g/mol. The van der Waals surface area contributed by atoms with Crippen molar-refractivity contribution in [3.8, 4) is 0 Å². The highest BCUT2D eigenvalue weighted by Gasteiger charge is 2.66. The van der Waals surface area contributed by atoms with Crippen LogP contribution in [-0.4, -0.2) is 90.2 Å². The number of aromatic nitrogens is 4. The van der Waals surface area contributed by atoms with E-state index in [-0.39, 0.29) is 16.8 Å². The van der Waals surface area contributed by atoms with E-state index >= 15 is 0 Å². The first kappa shape index (κ1) is 25.5. The lowest BCUT2D eigenvalue weighted by Crippen LogP contribution is -2.80. The van der Waals surface area contributed by atoms with Crippen LogP contribution >= 0.6 is 39.5 Å². The van der Waals surface area contributed by atoms with Crippen molar-refractivity contribution in [1.82, 2.24) is 30.4 Å². The summed E-state index contributed by atoms with van der Waals surface area (Å²) in [4.78, 5) is 50.7. The van der Waals surface area contributed by atoms with Crippen LogP contribution in [0.1, 0.15) is 13.8 Å². The fourth-order valence-corrected chi connectivity index (χ4v) is 5.81. The number of tetrazole rings is 1. The quantitative estimate of drug-likeness (QED) is 0.138. The number of rotatable bonds is 9. The number of hydrogen-bond acceptors (Lipinski definition) is 12. The Morgan fingerprint density at radius 3 is 2.70 bits per heavy atom. The maximum absolute atomic E-state index is 13.2. The van der Waals surface area contributed by atoms with Gasteiger partial charge in [0.1, 0.15) is 11.1 Å². The molecular formula is C17H21BrN6O7S2. The summed E-state index contributed by atoms with van der Waals surface area (Å²) in [5.74, 6) is -1.90. The van der Waals surface area contributed by atoms with Gasteiger partial charge >= 0.3 is 11.9 Å². The number of nitrogens with zero attached hydrogens (tertiary/aromatic N) is 5. The zero-order chi connectivity index (χ0) is 24.3. The third-order valence-electron chi connectivity index (χ3n) is 4.63. The molecule has 0 saturated carbocycles. The van der Waals surface area contributed by atoms with Gasteiger partial charge in [-0.15, -0.1) is 16.9 Å². The predicted octanol–water partition coefficient (Wildman–Crippen LogP) is -0.222. The second-order valence-corrected chi connectivity index (χ2v) is 9.44. The first-order chi connectivity index (χ1) is 15.6. The molecule has 1 fully saturated rings. The molecule has 3 atom stereocenters. The van der Waals surface area contributed by atoms with Gasteiger partial charge in [-0.25, -0.2) is 9.48 Å². The molecule has 0 bridgehead atoms. The largest absolute Gasteiger partial charge is 0.426 e. The number of methoxy groups -OCH3 is 1. The van der Waals surface area contributed by atoms with Crippen LogP contribution in [0.15, 0.2) is 16.4 Å². The van der Waals surface area contributed by atoms with Gasteiger partial charge in [0.2, 0.25) is 17.4 Å². The van der Waals surface area contributed by atoms with Crippen molar-refractivity contribution < 1.29 is 33.4 Å². The first-order valence-corrected chi connectivity index (χ1v) is 12.6. The van der Waals surface area contributed by atoms with Crippen LogP contribution in [0.4, 0.5) is 0 Å². The maximum Gasteiger partial charge on any atom is 0.358 e. The van der Waals surface area contributed by atoms with Crippen LogP contribution in [0.3, 0.4) is 0 Å². The van der Waals surface area contributed by atoms with E-state index in [0.717, 1.165) is 0 Å². The number of halogens is 1. The number of β-lactam (4-membered cyclic amide) rings is 1. The van der Waals surface area contributed by atoms with Gasteiger partial charge in [0.25, 0.3) is 11.6 Å². The van der Waals surface area contributed by atoms with Crippen molar-refractivity contribution >= 4 is 63.2 Å². The van der Waals surface area contributed by atoms with Crippen molar-refractivity contribution in [1.29, 1.82) is 0 Å². The molecule has 1 saturated heterocycles. The third kappa shape index (κ3) is 5.02. The molecule has 1 aromatic rings. The molecule has 0 spiro atoms. The molecule has 13 nitrogen and oxygen atoms in total. The van der Waals surface area contributed by atoms with Crippen molar-refractivity contribution in [3.63, 3.8) is 0 Å². The Morgan fingerprint density at radius 1 is 1.39 bits per heavy atom. The number of aryl methyl sites for hydroxylation is 1. The number of amides is 2. The highest BCUT2D eigenvalue weighted by atomic mass is 79.9. The van der Waals surface area contributed by atoms with E-state index in [1.807, 2.05) is 0 Å². The summed E-state index contributed by atoms with van der Waals surface area (Å²) < 4.78 is 17.0. The number of fused-ring (bicyclic) bond motifs is 1. The summed E-state index contributed by atoms with van der Waals surface area (Å²) in [5, 5.41) is 13.6. The zero-order valence-corrected chi connectivity index (χ0v) is 21.3. The number of nitrogens with one attached hydrogen (secondary N) is 1. The predicted molar refractivity (Wildman–Crippen MR) is 119 cm³/mol. The minimum absolute atomic E-state index is 0.00569. The minimum Gasteiger partial charge on any atom is -0.426 e. The van der Waals surface area contributed by atoms with Crippen LogP contribution in [0.2, 0.25) is 0 Å². The van der Waals surface area contributed by atoms with Crippen molar-refractivity contribution in [2.45, 2.75) is 36.4 Å². The summed E-state index contributed by atoms with van der Waals surface area (Å²) in [7, 11) is 2.98. The van der Waals surface area contributed by atoms with E-state index in [1.54, 1.807) is 7.05 Å². The van der Waals surface area contributed by atoms with E-state index < -0.39 is 41.1 Å². The second kappa shape index (κ2) is 10.4. The Hall–Kier alpha value is -2.17. The number of esters is 2. The highest BCUT2D eigenvalue weighted by molar-refractivity contribution is 9.09. The summed E-state index contributed by atoms with van der Waals surface area (Å²) >= 11 is 5.65. The number of thioether (sulfide) groups is 2. The van der Waals surface area contributed by atoms with Gasteiger partial charge in [0.05, 0.1) is 5.33 Å². The molecule has 2 amide bonds. The molecule has 1 aromatic heterocycles. The van der Waals surface area contributed by atoms with Gasteiger partial charge in [-0.1, -0.05) is 27.7 Å². The Bertz CT molecular complexity index is 1000. The van der Waals surface area contributed by atoms with E-state index in [4.69, 9.17) is 14.2 Å². The molecule has 3 rings (SSSR count). The van der Waals surface area contributed by atoms with Crippen LogP contribution < -0.4 is 5.32 Å². The normalized spacial score (nSPS) is 22.9. The zero-order valence-electron chi connectivity index (χ0n) is 18.1. The topological polar surface area (TPSA) is 155 Å². The molecule has 16 heteroatoms. The lowest BCUT2D eigenvalue weighted by Gasteiger charge is -2.56. The molecule has 0 aromatic carbocycles. The molecule has 3 heterocycles. The SMILES string of the molecule is CO[C@@]1(NC(=O)CBr)C(=O)N2C(C(=O)OC(C)OC(C)=O)=C(CSc3nnnn3C)CS[C@H]21. The summed E-state index contributed by atoms with van der Waals surface area (Å²) in [6, 6.07) is 0. The molecule has 0 radical (unpaired) electrons. The van der Waals surface area contributed by atoms with E-state index in [9.17, 15) is 19.2 Å². The highest BCUT2D eigenvalue weighted by Crippen LogP contribution is 2.47. The first-order valence-electron chi connectivity index (χ1n) is 9.47. The van der Waals surface area contributed by atoms with Crippen LogP contribution in [-0.2, 0) is 40.4 Å². The lowest BCUT2D eigenvalue weighted by molar-refractivity contribution is -0.196. The molecule has 1 unspecified atom stereocenters. The van der Waals surface area contributed by atoms with Gasteiger partial charge < -0.3 is 19.5 Å². The maximum atomic E-state index is 13.2. The van der Waals surface area contributed by atoms with Crippen molar-refractivity contribution in [3.05, 3.63) is 11.3 Å². The van der Waals surface area contributed by atoms with Crippen LogP contribution in [0.25, 0.3) is 0 Å².